The molecule has 146 valence electrons. The molecule has 0 saturated heterocycles. The van der Waals surface area contributed by atoms with E-state index in [0.29, 0.717) is 21.4 Å². The Morgan fingerprint density at radius 1 is 1.32 bits per heavy atom. The van der Waals surface area contributed by atoms with Crippen LogP contribution in [-0.2, 0) is 11.3 Å². The molecule has 0 radical (unpaired) electrons. The molecular formula is C18H15Cl2N3O4S. The number of rotatable bonds is 5. The molecular weight excluding hydrogens is 425 g/mol. The first-order chi connectivity index (χ1) is 13.2. The summed E-state index contributed by atoms with van der Waals surface area (Å²) in [4.78, 5) is 41.7. The van der Waals surface area contributed by atoms with Gasteiger partial charge in [-0.3, -0.25) is 14.2 Å². The largest absolute Gasteiger partial charge is 0.478 e. The number of carbonyl (C=O) groups excluding carboxylic acids is 1. The van der Waals surface area contributed by atoms with E-state index in [2.05, 4.69) is 10.3 Å². The summed E-state index contributed by atoms with van der Waals surface area (Å²) in [5.74, 6) is -1.47. The van der Waals surface area contributed by atoms with E-state index in [0.717, 1.165) is 11.3 Å². The van der Waals surface area contributed by atoms with Crippen LogP contribution in [0.3, 0.4) is 0 Å². The Morgan fingerprint density at radius 2 is 2.04 bits per heavy atom. The van der Waals surface area contributed by atoms with Crippen molar-refractivity contribution in [3.63, 3.8) is 0 Å². The number of aromatic carboxylic acids is 1. The maximum absolute atomic E-state index is 13.0. The van der Waals surface area contributed by atoms with Gasteiger partial charge in [-0.05, 0) is 18.2 Å². The molecule has 2 N–H and O–H groups in total. The van der Waals surface area contributed by atoms with Gasteiger partial charge in [0.1, 0.15) is 17.2 Å². The van der Waals surface area contributed by atoms with E-state index in [4.69, 9.17) is 23.2 Å². The van der Waals surface area contributed by atoms with Crippen LogP contribution in [0.25, 0.3) is 10.2 Å². The quantitative estimate of drug-likeness (QED) is 0.619. The molecule has 2 aromatic heterocycles. The number of carbonyl (C=O) groups is 2. The molecule has 2 heterocycles. The molecule has 0 unspecified atom stereocenters. The summed E-state index contributed by atoms with van der Waals surface area (Å²) in [7, 11) is 0. The van der Waals surface area contributed by atoms with Crippen LogP contribution >= 0.6 is 34.5 Å². The number of carboxylic acids is 1. The van der Waals surface area contributed by atoms with E-state index in [9.17, 15) is 19.5 Å². The van der Waals surface area contributed by atoms with Crippen molar-refractivity contribution >= 4 is 62.3 Å². The number of amides is 1. The Morgan fingerprint density at radius 3 is 2.64 bits per heavy atom. The van der Waals surface area contributed by atoms with Gasteiger partial charge in [-0.1, -0.05) is 37.0 Å². The van der Waals surface area contributed by atoms with E-state index in [1.54, 1.807) is 12.1 Å². The van der Waals surface area contributed by atoms with Crippen LogP contribution in [0.15, 0.2) is 28.4 Å². The first kappa shape index (κ1) is 20.3. The highest BCUT2D eigenvalue weighted by molar-refractivity contribution is 7.17. The minimum atomic E-state index is -1.22. The predicted octanol–water partition coefficient (Wildman–Crippen LogP) is 4.23. The zero-order valence-electron chi connectivity index (χ0n) is 14.8. The molecule has 1 aromatic carbocycles. The van der Waals surface area contributed by atoms with E-state index in [1.807, 2.05) is 13.8 Å². The van der Waals surface area contributed by atoms with Crippen molar-refractivity contribution < 1.29 is 14.7 Å². The van der Waals surface area contributed by atoms with Crippen molar-refractivity contribution in [3.8, 4) is 0 Å². The number of anilines is 1. The molecule has 0 aliphatic heterocycles. The van der Waals surface area contributed by atoms with Gasteiger partial charge in [-0.15, -0.1) is 11.3 Å². The summed E-state index contributed by atoms with van der Waals surface area (Å²) in [5, 5.41) is 14.0. The number of benzene rings is 1. The van der Waals surface area contributed by atoms with Crippen LogP contribution in [0.1, 0.15) is 35.9 Å². The summed E-state index contributed by atoms with van der Waals surface area (Å²) in [6.07, 6.45) is 0. The van der Waals surface area contributed by atoms with Crippen molar-refractivity contribution in [1.82, 2.24) is 9.55 Å². The second kappa shape index (κ2) is 7.90. The zero-order chi connectivity index (χ0) is 20.6. The Bertz CT molecular complexity index is 1150. The van der Waals surface area contributed by atoms with Crippen molar-refractivity contribution in [2.45, 2.75) is 26.3 Å². The fraction of sp³-hybridized carbons (Fsp3) is 0.222. The van der Waals surface area contributed by atoms with Gasteiger partial charge in [0.05, 0.1) is 21.7 Å². The number of nitrogens with zero attached hydrogens (tertiary/aromatic N) is 2. The first-order valence-electron chi connectivity index (χ1n) is 8.19. The van der Waals surface area contributed by atoms with E-state index >= 15 is 0 Å². The van der Waals surface area contributed by atoms with Crippen molar-refractivity contribution in [2.24, 2.45) is 0 Å². The smallest absolute Gasteiger partial charge is 0.337 e. The van der Waals surface area contributed by atoms with Crippen LogP contribution in [0.2, 0.25) is 10.0 Å². The minimum absolute atomic E-state index is 0.000717. The van der Waals surface area contributed by atoms with Crippen LogP contribution < -0.4 is 10.9 Å². The number of thiophene rings is 1. The summed E-state index contributed by atoms with van der Waals surface area (Å²) >= 11 is 13.0. The lowest BCUT2D eigenvalue weighted by Crippen LogP contribution is -2.32. The van der Waals surface area contributed by atoms with Gasteiger partial charge in [0.25, 0.3) is 5.56 Å². The molecule has 0 bridgehead atoms. The summed E-state index contributed by atoms with van der Waals surface area (Å²) < 4.78 is 1.20. The summed E-state index contributed by atoms with van der Waals surface area (Å²) in [6.45, 7) is 3.34. The fourth-order valence-corrected chi connectivity index (χ4v) is 4.08. The third-order valence-corrected chi connectivity index (χ3v) is 5.40. The first-order valence-corrected chi connectivity index (χ1v) is 9.82. The second-order valence-electron chi connectivity index (χ2n) is 6.32. The van der Waals surface area contributed by atoms with Crippen LogP contribution in [0.4, 0.5) is 5.69 Å². The Kier molecular flexibility index (Phi) is 5.74. The van der Waals surface area contributed by atoms with E-state index in [-0.39, 0.29) is 28.4 Å². The molecule has 3 rings (SSSR count). The zero-order valence-corrected chi connectivity index (χ0v) is 17.2. The highest BCUT2D eigenvalue weighted by atomic mass is 35.5. The lowest BCUT2D eigenvalue weighted by molar-refractivity contribution is -0.116. The third kappa shape index (κ3) is 3.89. The number of carboxylic acid groups (broad SMARTS) is 1. The van der Waals surface area contributed by atoms with E-state index in [1.165, 1.54) is 16.0 Å². The number of nitrogens with one attached hydrogen (secondary N) is 1. The number of aromatic nitrogens is 2. The minimum Gasteiger partial charge on any atom is -0.478 e. The molecule has 0 saturated carbocycles. The lowest BCUT2D eigenvalue weighted by atomic mass is 10.2. The third-order valence-electron chi connectivity index (χ3n) is 3.98. The second-order valence-corrected chi connectivity index (χ2v) is 8.02. The fourth-order valence-electron chi connectivity index (χ4n) is 2.72. The molecule has 7 nitrogen and oxygen atoms in total. The van der Waals surface area contributed by atoms with Crippen LogP contribution in [0.5, 0.6) is 0 Å². The van der Waals surface area contributed by atoms with Crippen molar-refractivity contribution in [1.29, 1.82) is 0 Å². The molecule has 0 fully saturated rings. The Labute approximate surface area is 173 Å². The number of hydrogen-bond acceptors (Lipinski definition) is 5. The van der Waals surface area contributed by atoms with Gasteiger partial charge in [-0.25, -0.2) is 9.78 Å². The standard InChI is InChI=1S/C18H15Cl2N3O4S/c1-8(2)15-22-16-14(10(7-28-16)18(26)27)17(25)23(15)6-13(24)21-12-4-3-9(19)5-11(12)20/h3-5,7-8H,6H2,1-2H3,(H,21,24)(H,26,27). The van der Waals surface area contributed by atoms with Gasteiger partial charge in [0.2, 0.25) is 5.91 Å². The molecule has 0 aliphatic rings. The van der Waals surface area contributed by atoms with Gasteiger partial charge >= 0.3 is 5.97 Å². The predicted molar refractivity (Wildman–Crippen MR) is 110 cm³/mol. The normalized spacial score (nSPS) is 11.2. The molecule has 0 spiro atoms. The number of halogens is 2. The summed E-state index contributed by atoms with van der Waals surface area (Å²) in [5.41, 5.74) is -0.335. The van der Waals surface area contributed by atoms with Gasteiger partial charge in [0, 0.05) is 16.3 Å². The van der Waals surface area contributed by atoms with E-state index < -0.39 is 17.4 Å². The molecule has 10 heteroatoms. The monoisotopic (exact) mass is 439 g/mol. The average molecular weight is 440 g/mol. The lowest BCUT2D eigenvalue weighted by Gasteiger charge is -2.15. The van der Waals surface area contributed by atoms with Crippen molar-refractivity contribution in [3.05, 3.63) is 55.4 Å². The Hall–Kier alpha value is -2.42. The molecule has 0 aliphatic carbocycles. The van der Waals surface area contributed by atoms with Gasteiger partial charge < -0.3 is 10.4 Å². The molecule has 1 amide bonds. The van der Waals surface area contributed by atoms with Crippen molar-refractivity contribution in [2.75, 3.05) is 5.32 Å². The average Bonchev–Trinajstić information content (AvgIpc) is 3.04. The Balaban J connectivity index is 2.03. The van der Waals surface area contributed by atoms with Gasteiger partial charge in [0.15, 0.2) is 0 Å². The molecule has 28 heavy (non-hydrogen) atoms. The number of hydrogen-bond donors (Lipinski definition) is 2. The maximum atomic E-state index is 13.0. The number of fused-ring (bicyclic) bond motifs is 1. The highest BCUT2D eigenvalue weighted by Crippen LogP contribution is 2.26. The maximum Gasteiger partial charge on any atom is 0.337 e. The molecule has 3 aromatic rings. The summed E-state index contributed by atoms with van der Waals surface area (Å²) in [6, 6.07) is 4.62. The van der Waals surface area contributed by atoms with Crippen LogP contribution in [-0.4, -0.2) is 26.5 Å². The topological polar surface area (TPSA) is 101 Å². The highest BCUT2D eigenvalue weighted by Gasteiger charge is 2.22. The van der Waals surface area contributed by atoms with Crippen LogP contribution in [0, 0.1) is 0 Å². The SMILES string of the molecule is CC(C)c1nc2scc(C(=O)O)c2c(=O)n1CC(=O)Nc1ccc(Cl)cc1Cl. The molecule has 0 atom stereocenters. The van der Waals surface area contributed by atoms with Gasteiger partial charge in [-0.2, -0.15) is 0 Å².